The molecule has 0 saturated carbocycles. The highest BCUT2D eigenvalue weighted by atomic mass is 32.2. The van der Waals surface area contributed by atoms with E-state index in [9.17, 15) is 14.0 Å². The van der Waals surface area contributed by atoms with Crippen molar-refractivity contribution in [2.75, 3.05) is 11.4 Å². The van der Waals surface area contributed by atoms with Gasteiger partial charge in [-0.05, 0) is 42.5 Å². The van der Waals surface area contributed by atoms with E-state index in [1.165, 1.54) is 28.8 Å². The van der Waals surface area contributed by atoms with Gasteiger partial charge in [0.25, 0.3) is 0 Å². The molecule has 0 bridgehead atoms. The Kier molecular flexibility index (Phi) is 4.11. The number of carbonyl (C=O) groups is 2. The number of amides is 3. The summed E-state index contributed by atoms with van der Waals surface area (Å²) in [6.45, 7) is 0.376. The van der Waals surface area contributed by atoms with Crippen molar-refractivity contribution >= 4 is 29.4 Å². The molecule has 1 heterocycles. The van der Waals surface area contributed by atoms with Crippen molar-refractivity contribution in [2.45, 2.75) is 16.2 Å². The first-order valence-corrected chi connectivity index (χ1v) is 7.58. The van der Waals surface area contributed by atoms with E-state index in [2.05, 4.69) is 5.32 Å². The lowest BCUT2D eigenvalue weighted by atomic mass is 10.2. The largest absolute Gasteiger partial charge is 0.328 e. The molecule has 22 heavy (non-hydrogen) atoms. The highest BCUT2D eigenvalue weighted by Crippen LogP contribution is 2.29. The molecule has 112 valence electrons. The Hall–Kier alpha value is -2.34. The Morgan fingerprint density at radius 2 is 1.82 bits per heavy atom. The van der Waals surface area contributed by atoms with Crippen LogP contribution >= 0.6 is 11.8 Å². The maximum absolute atomic E-state index is 13.2. The molecule has 2 aromatic rings. The molecule has 0 unspecified atom stereocenters. The van der Waals surface area contributed by atoms with Crippen molar-refractivity contribution in [3.05, 3.63) is 54.3 Å². The van der Waals surface area contributed by atoms with Crippen LogP contribution in [-0.2, 0) is 4.79 Å². The van der Waals surface area contributed by atoms with Crippen LogP contribution in [0, 0.1) is 5.82 Å². The molecule has 1 saturated heterocycles. The monoisotopic (exact) mass is 316 g/mol. The van der Waals surface area contributed by atoms with Gasteiger partial charge in [-0.3, -0.25) is 15.0 Å². The van der Waals surface area contributed by atoms with Gasteiger partial charge in [0.15, 0.2) is 0 Å². The third-order valence-electron chi connectivity index (χ3n) is 3.23. The number of urea groups is 1. The highest BCUT2D eigenvalue weighted by Gasteiger charge is 2.23. The number of imide groups is 1. The Morgan fingerprint density at radius 1 is 1.05 bits per heavy atom. The maximum Gasteiger partial charge on any atom is 0.328 e. The first-order chi connectivity index (χ1) is 10.6. The Balaban J connectivity index is 1.73. The summed E-state index contributed by atoms with van der Waals surface area (Å²) in [5.74, 6) is -0.518. The van der Waals surface area contributed by atoms with Gasteiger partial charge in [-0.25, -0.2) is 9.18 Å². The van der Waals surface area contributed by atoms with E-state index < -0.39 is 6.03 Å². The quantitative estimate of drug-likeness (QED) is 0.944. The lowest BCUT2D eigenvalue weighted by Gasteiger charge is -2.26. The van der Waals surface area contributed by atoms with Crippen LogP contribution in [0.4, 0.5) is 14.9 Å². The minimum absolute atomic E-state index is 0.250. The molecule has 0 aromatic heterocycles. The molecular weight excluding hydrogens is 303 g/mol. The maximum atomic E-state index is 13.2. The molecule has 4 nitrogen and oxygen atoms in total. The molecule has 1 N–H and O–H groups in total. The van der Waals surface area contributed by atoms with Gasteiger partial charge in [-0.15, -0.1) is 0 Å². The summed E-state index contributed by atoms with van der Waals surface area (Å²) in [4.78, 5) is 26.2. The number of carbonyl (C=O) groups excluding carboxylic acids is 2. The molecule has 0 spiro atoms. The van der Waals surface area contributed by atoms with Crippen LogP contribution in [0.2, 0.25) is 0 Å². The van der Waals surface area contributed by atoms with Crippen LogP contribution in [0.3, 0.4) is 0 Å². The van der Waals surface area contributed by atoms with E-state index in [1.807, 2.05) is 30.3 Å². The first-order valence-electron chi connectivity index (χ1n) is 6.77. The molecule has 0 atom stereocenters. The Bertz CT molecular complexity index is 718. The first kappa shape index (κ1) is 14.6. The average Bonchev–Trinajstić information content (AvgIpc) is 2.48. The Labute approximate surface area is 131 Å². The van der Waals surface area contributed by atoms with E-state index in [0.717, 1.165) is 15.5 Å². The van der Waals surface area contributed by atoms with Crippen LogP contribution in [0.15, 0.2) is 58.3 Å². The predicted molar refractivity (Wildman–Crippen MR) is 82.5 cm³/mol. The third-order valence-corrected chi connectivity index (χ3v) is 4.23. The summed E-state index contributed by atoms with van der Waals surface area (Å²) in [5.41, 5.74) is 0.730. The smallest absolute Gasteiger partial charge is 0.294 e. The molecule has 1 aliphatic rings. The summed E-state index contributed by atoms with van der Waals surface area (Å²) < 4.78 is 13.2. The number of benzene rings is 2. The fraction of sp³-hybridized carbons (Fsp3) is 0.125. The molecule has 1 fully saturated rings. The summed E-state index contributed by atoms with van der Waals surface area (Å²) >= 11 is 1.45. The molecule has 2 aromatic carbocycles. The van der Waals surface area contributed by atoms with Gasteiger partial charge in [0.1, 0.15) is 5.82 Å². The van der Waals surface area contributed by atoms with Crippen molar-refractivity contribution in [3.8, 4) is 0 Å². The second kappa shape index (κ2) is 6.19. The Morgan fingerprint density at radius 3 is 2.50 bits per heavy atom. The van der Waals surface area contributed by atoms with Crippen LogP contribution in [-0.4, -0.2) is 18.5 Å². The van der Waals surface area contributed by atoms with Gasteiger partial charge in [-0.2, -0.15) is 0 Å². The summed E-state index contributed by atoms with van der Waals surface area (Å²) in [6.07, 6.45) is 0.297. The van der Waals surface area contributed by atoms with Gasteiger partial charge in [0.2, 0.25) is 5.91 Å². The predicted octanol–water partition coefficient (Wildman–Crippen LogP) is 3.42. The lowest BCUT2D eigenvalue weighted by Crippen LogP contribution is -2.49. The summed E-state index contributed by atoms with van der Waals surface area (Å²) in [7, 11) is 0. The fourth-order valence-corrected chi connectivity index (χ4v) is 3.03. The third kappa shape index (κ3) is 3.28. The minimum Gasteiger partial charge on any atom is -0.294 e. The molecule has 3 amide bonds. The summed E-state index contributed by atoms with van der Waals surface area (Å²) in [6, 6.07) is 13.4. The number of nitrogens with zero attached hydrogens (tertiary/aromatic N) is 1. The van der Waals surface area contributed by atoms with Crippen LogP contribution in [0.5, 0.6) is 0 Å². The normalized spacial score (nSPS) is 14.9. The molecule has 0 aliphatic carbocycles. The van der Waals surface area contributed by atoms with Gasteiger partial charge in [0.05, 0.1) is 0 Å². The zero-order chi connectivity index (χ0) is 15.5. The van der Waals surface area contributed by atoms with Crippen LogP contribution < -0.4 is 10.2 Å². The molecular formula is C16H13FN2O2S. The van der Waals surface area contributed by atoms with E-state index in [0.29, 0.717) is 13.0 Å². The van der Waals surface area contributed by atoms with Gasteiger partial charge >= 0.3 is 6.03 Å². The van der Waals surface area contributed by atoms with E-state index in [-0.39, 0.29) is 11.7 Å². The second-order valence-electron chi connectivity index (χ2n) is 4.81. The van der Waals surface area contributed by atoms with Crippen molar-refractivity contribution in [2.24, 2.45) is 0 Å². The number of halogens is 1. The van der Waals surface area contributed by atoms with Crippen LogP contribution in [0.25, 0.3) is 0 Å². The van der Waals surface area contributed by atoms with Crippen molar-refractivity contribution in [3.63, 3.8) is 0 Å². The number of nitrogens with one attached hydrogen (secondary N) is 1. The van der Waals surface area contributed by atoms with Gasteiger partial charge < -0.3 is 0 Å². The van der Waals surface area contributed by atoms with Crippen molar-refractivity contribution in [1.82, 2.24) is 5.32 Å². The SMILES string of the molecule is O=C1CCN(c2ccc(Sc3cccc(F)c3)cc2)C(=O)N1. The van der Waals surface area contributed by atoms with Crippen LogP contribution in [0.1, 0.15) is 6.42 Å². The van der Waals surface area contributed by atoms with Crippen molar-refractivity contribution in [1.29, 1.82) is 0 Å². The topological polar surface area (TPSA) is 49.4 Å². The van der Waals surface area contributed by atoms with E-state index >= 15 is 0 Å². The standard InChI is InChI=1S/C16H13FN2O2S/c17-11-2-1-3-14(10-11)22-13-6-4-12(5-7-13)19-9-8-15(20)18-16(19)21/h1-7,10H,8-9H2,(H,18,20,21). The van der Waals surface area contributed by atoms with E-state index in [1.54, 1.807) is 6.07 Å². The average molecular weight is 316 g/mol. The number of anilines is 1. The number of rotatable bonds is 3. The minimum atomic E-state index is -0.401. The molecule has 3 rings (SSSR count). The van der Waals surface area contributed by atoms with Gasteiger partial charge in [0, 0.05) is 28.4 Å². The second-order valence-corrected chi connectivity index (χ2v) is 5.96. The molecule has 0 radical (unpaired) electrons. The lowest BCUT2D eigenvalue weighted by molar-refractivity contribution is -0.120. The number of hydrogen-bond acceptors (Lipinski definition) is 3. The zero-order valence-electron chi connectivity index (χ0n) is 11.6. The summed E-state index contributed by atoms with van der Waals surface area (Å²) in [5, 5.41) is 2.29. The van der Waals surface area contributed by atoms with Gasteiger partial charge in [-0.1, -0.05) is 17.8 Å². The number of hydrogen-bond donors (Lipinski definition) is 1. The van der Waals surface area contributed by atoms with E-state index in [4.69, 9.17) is 0 Å². The highest BCUT2D eigenvalue weighted by molar-refractivity contribution is 7.99. The van der Waals surface area contributed by atoms with Crippen molar-refractivity contribution < 1.29 is 14.0 Å². The molecule has 6 heteroatoms. The zero-order valence-corrected chi connectivity index (χ0v) is 12.4. The fourth-order valence-electron chi connectivity index (χ4n) is 2.17. The molecule has 1 aliphatic heterocycles.